The molecule has 0 spiro atoms. The number of fused-ring (bicyclic) bond motifs is 1. The maximum Gasteiger partial charge on any atom is 0.0486 e. The molecule has 3 heteroatoms. The van der Waals surface area contributed by atoms with Crippen LogP contribution >= 0.6 is 0 Å². The van der Waals surface area contributed by atoms with E-state index in [1.165, 1.54) is 65.3 Å². The molecule has 3 aromatic rings. The number of benzene rings is 2. The van der Waals surface area contributed by atoms with Gasteiger partial charge in [0.1, 0.15) is 0 Å². The van der Waals surface area contributed by atoms with E-state index >= 15 is 0 Å². The van der Waals surface area contributed by atoms with Crippen molar-refractivity contribution in [3.63, 3.8) is 0 Å². The summed E-state index contributed by atoms with van der Waals surface area (Å²) >= 11 is 0. The molecule has 3 nitrogen and oxygen atoms in total. The van der Waals surface area contributed by atoms with Crippen LogP contribution in [0.3, 0.4) is 0 Å². The molecule has 0 saturated heterocycles. The highest BCUT2D eigenvalue weighted by Crippen LogP contribution is 2.35. The van der Waals surface area contributed by atoms with Gasteiger partial charge >= 0.3 is 0 Å². The van der Waals surface area contributed by atoms with Crippen LogP contribution in [0.25, 0.3) is 22.0 Å². The van der Waals surface area contributed by atoms with Gasteiger partial charge in [0.2, 0.25) is 0 Å². The van der Waals surface area contributed by atoms with Gasteiger partial charge in [-0.05, 0) is 81.1 Å². The second kappa shape index (κ2) is 9.60. The first-order valence-electron chi connectivity index (χ1n) is 11.4. The maximum atomic E-state index is 5.62. The van der Waals surface area contributed by atoms with Crippen molar-refractivity contribution in [3.05, 3.63) is 59.8 Å². The predicted molar refractivity (Wildman–Crippen MR) is 124 cm³/mol. The number of hydrogen-bond donors (Lipinski definition) is 2. The number of rotatable bonds is 8. The number of nitrogens with zero attached hydrogens (tertiary/aromatic N) is 1. The molecule has 0 atom stereocenters. The van der Waals surface area contributed by atoms with Gasteiger partial charge < -0.3 is 15.6 Å². The summed E-state index contributed by atoms with van der Waals surface area (Å²) in [5, 5.41) is 4.98. The third-order valence-corrected chi connectivity index (χ3v) is 6.36. The van der Waals surface area contributed by atoms with Crippen LogP contribution < -0.4 is 11.1 Å². The van der Waals surface area contributed by atoms with Gasteiger partial charge in [-0.25, -0.2) is 0 Å². The first-order chi connectivity index (χ1) is 14.3. The Morgan fingerprint density at radius 2 is 1.83 bits per heavy atom. The van der Waals surface area contributed by atoms with Crippen LogP contribution in [0.1, 0.15) is 55.7 Å². The first kappa shape index (κ1) is 20.2. The lowest BCUT2D eigenvalue weighted by Crippen LogP contribution is -2.20. The van der Waals surface area contributed by atoms with E-state index in [0.29, 0.717) is 6.04 Å². The molecule has 1 aromatic heterocycles. The average molecular weight is 390 g/mol. The third kappa shape index (κ3) is 4.73. The van der Waals surface area contributed by atoms with Gasteiger partial charge in [0.05, 0.1) is 0 Å². The van der Waals surface area contributed by atoms with Gasteiger partial charge in [-0.3, -0.25) is 0 Å². The van der Waals surface area contributed by atoms with Gasteiger partial charge in [-0.2, -0.15) is 0 Å². The van der Waals surface area contributed by atoms with E-state index in [-0.39, 0.29) is 0 Å². The number of nitrogens with two attached hydrogens (primary N) is 1. The lowest BCUT2D eigenvalue weighted by molar-refractivity contribution is 0.360. The SMILES string of the molecule is Cc1cccc(-c2ccc3c(c2)c(CCNCCCN)cn3C2CCCCC2)c1. The quantitative estimate of drug-likeness (QED) is 0.492. The second-order valence-corrected chi connectivity index (χ2v) is 8.60. The standard InChI is InChI=1S/C26H35N3/c1-20-7-5-8-21(17-20)22-11-12-26-25(18-22)23(13-16-28-15-6-14-27)19-29(26)24-9-3-2-4-10-24/h5,7-8,11-12,17-19,24,28H,2-4,6,9-10,13-16,27H2,1H3. The predicted octanol–water partition coefficient (Wildman–Crippen LogP) is 5.60. The smallest absolute Gasteiger partial charge is 0.0486 e. The van der Waals surface area contributed by atoms with Gasteiger partial charge in [0.25, 0.3) is 0 Å². The number of aryl methyl sites for hydroxylation is 1. The molecule has 3 N–H and O–H groups in total. The lowest BCUT2D eigenvalue weighted by Gasteiger charge is -2.24. The van der Waals surface area contributed by atoms with Gasteiger partial charge in [-0.1, -0.05) is 55.2 Å². The molecule has 0 amide bonds. The summed E-state index contributed by atoms with van der Waals surface area (Å²) in [4.78, 5) is 0. The van der Waals surface area contributed by atoms with Crippen LogP contribution in [0, 0.1) is 6.92 Å². The molecule has 0 bridgehead atoms. The van der Waals surface area contributed by atoms with Crippen LogP contribution in [0.4, 0.5) is 0 Å². The molecule has 0 radical (unpaired) electrons. The highest BCUT2D eigenvalue weighted by molar-refractivity contribution is 5.89. The Kier molecular flexibility index (Phi) is 6.68. The minimum atomic E-state index is 0.662. The molecule has 1 fully saturated rings. The Bertz CT molecular complexity index is 934. The molecule has 1 aliphatic carbocycles. The van der Waals surface area contributed by atoms with Crippen LogP contribution in [0.15, 0.2) is 48.7 Å². The Morgan fingerprint density at radius 3 is 2.62 bits per heavy atom. The van der Waals surface area contributed by atoms with Crippen molar-refractivity contribution in [1.82, 2.24) is 9.88 Å². The van der Waals surface area contributed by atoms with E-state index in [1.807, 2.05) is 0 Å². The second-order valence-electron chi connectivity index (χ2n) is 8.60. The first-order valence-corrected chi connectivity index (χ1v) is 11.4. The molecular formula is C26H35N3. The molecule has 29 heavy (non-hydrogen) atoms. The summed E-state index contributed by atoms with van der Waals surface area (Å²) in [6, 6.07) is 16.6. The summed E-state index contributed by atoms with van der Waals surface area (Å²) in [7, 11) is 0. The summed E-state index contributed by atoms with van der Waals surface area (Å²) < 4.78 is 2.59. The maximum absolute atomic E-state index is 5.62. The molecule has 0 aliphatic heterocycles. The van der Waals surface area contributed by atoms with E-state index < -0.39 is 0 Å². The largest absolute Gasteiger partial charge is 0.344 e. The lowest BCUT2D eigenvalue weighted by atomic mass is 9.95. The minimum Gasteiger partial charge on any atom is -0.344 e. The summed E-state index contributed by atoms with van der Waals surface area (Å²) in [6.07, 6.45) is 11.3. The molecule has 0 unspecified atom stereocenters. The van der Waals surface area contributed by atoms with E-state index in [1.54, 1.807) is 0 Å². The summed E-state index contributed by atoms with van der Waals surface area (Å²) in [6.45, 7) is 4.94. The van der Waals surface area contributed by atoms with E-state index in [2.05, 4.69) is 65.5 Å². The summed E-state index contributed by atoms with van der Waals surface area (Å²) in [5.41, 5.74) is 12.4. The monoisotopic (exact) mass is 389 g/mol. The van der Waals surface area contributed by atoms with Crippen LogP contribution in [-0.4, -0.2) is 24.2 Å². The topological polar surface area (TPSA) is 43.0 Å². The van der Waals surface area contributed by atoms with Crippen LogP contribution in [0.5, 0.6) is 0 Å². The third-order valence-electron chi connectivity index (χ3n) is 6.36. The number of hydrogen-bond acceptors (Lipinski definition) is 2. The Morgan fingerprint density at radius 1 is 1.00 bits per heavy atom. The molecule has 1 saturated carbocycles. The van der Waals surface area contributed by atoms with E-state index in [9.17, 15) is 0 Å². The molecule has 4 rings (SSSR count). The molecule has 154 valence electrons. The van der Waals surface area contributed by atoms with Crippen molar-refractivity contribution < 1.29 is 0 Å². The van der Waals surface area contributed by atoms with Crippen molar-refractivity contribution in [1.29, 1.82) is 0 Å². The summed E-state index contributed by atoms with van der Waals surface area (Å²) in [5.74, 6) is 0. The van der Waals surface area contributed by atoms with Crippen molar-refractivity contribution in [2.45, 2.75) is 57.9 Å². The van der Waals surface area contributed by atoms with Gasteiger partial charge in [-0.15, -0.1) is 0 Å². The molecule has 1 aliphatic rings. The van der Waals surface area contributed by atoms with E-state index in [0.717, 1.165) is 32.5 Å². The van der Waals surface area contributed by atoms with Crippen molar-refractivity contribution in [2.24, 2.45) is 5.73 Å². The van der Waals surface area contributed by atoms with Crippen molar-refractivity contribution in [2.75, 3.05) is 19.6 Å². The fourth-order valence-corrected chi connectivity index (χ4v) is 4.77. The molecular weight excluding hydrogens is 354 g/mol. The fraction of sp³-hybridized carbons (Fsp3) is 0.462. The molecule has 1 heterocycles. The normalized spacial score (nSPS) is 15.2. The highest BCUT2D eigenvalue weighted by atomic mass is 15.0. The number of aromatic nitrogens is 1. The van der Waals surface area contributed by atoms with Crippen molar-refractivity contribution in [3.8, 4) is 11.1 Å². The van der Waals surface area contributed by atoms with Crippen LogP contribution in [-0.2, 0) is 6.42 Å². The molecule has 2 aromatic carbocycles. The Balaban J connectivity index is 1.67. The van der Waals surface area contributed by atoms with Gasteiger partial charge in [0, 0.05) is 23.1 Å². The van der Waals surface area contributed by atoms with Crippen LogP contribution in [0.2, 0.25) is 0 Å². The minimum absolute atomic E-state index is 0.662. The van der Waals surface area contributed by atoms with Crippen molar-refractivity contribution >= 4 is 10.9 Å². The van der Waals surface area contributed by atoms with Gasteiger partial charge in [0.15, 0.2) is 0 Å². The Labute approximate surface area is 175 Å². The zero-order valence-corrected chi connectivity index (χ0v) is 17.8. The zero-order chi connectivity index (χ0) is 20.1. The highest BCUT2D eigenvalue weighted by Gasteiger charge is 2.19. The Hall–Kier alpha value is -2.10. The average Bonchev–Trinajstić information content (AvgIpc) is 3.12. The van der Waals surface area contributed by atoms with E-state index in [4.69, 9.17) is 5.73 Å². The fourth-order valence-electron chi connectivity index (χ4n) is 4.77. The number of nitrogens with one attached hydrogen (secondary N) is 1. The zero-order valence-electron chi connectivity index (χ0n) is 17.8.